The van der Waals surface area contributed by atoms with Crippen molar-refractivity contribution in [1.82, 2.24) is 15.1 Å². The summed E-state index contributed by atoms with van der Waals surface area (Å²) in [6, 6.07) is 0.608. The van der Waals surface area contributed by atoms with Crippen LogP contribution in [0.15, 0.2) is 12.4 Å². The number of rotatable bonds is 7. The number of aromatic nitrogens is 2. The fourth-order valence-electron chi connectivity index (χ4n) is 1.66. The zero-order valence-corrected chi connectivity index (χ0v) is 10.2. The van der Waals surface area contributed by atoms with Crippen LogP contribution in [0.25, 0.3) is 0 Å². The van der Waals surface area contributed by atoms with Crippen molar-refractivity contribution in [3.8, 4) is 0 Å². The topological polar surface area (TPSA) is 29.9 Å². The molecule has 1 unspecified atom stereocenters. The third-order valence-electron chi connectivity index (χ3n) is 2.65. The van der Waals surface area contributed by atoms with Gasteiger partial charge in [-0.05, 0) is 13.3 Å². The Morgan fingerprint density at radius 1 is 1.47 bits per heavy atom. The third kappa shape index (κ3) is 4.98. The largest absolute Gasteiger partial charge is 0.310 e. The molecule has 0 aliphatic rings. The molecule has 86 valence electrons. The predicted octanol–water partition coefficient (Wildman–Crippen LogP) is 2.48. The zero-order valence-electron chi connectivity index (χ0n) is 10.2. The van der Waals surface area contributed by atoms with Crippen LogP contribution in [0.3, 0.4) is 0 Å². The van der Waals surface area contributed by atoms with Crippen molar-refractivity contribution in [2.45, 2.75) is 52.1 Å². The summed E-state index contributed by atoms with van der Waals surface area (Å²) in [5.41, 5.74) is 1.26. The van der Waals surface area contributed by atoms with E-state index in [1.807, 2.05) is 17.9 Å². The maximum Gasteiger partial charge on any atom is 0.0534 e. The molecular formula is C12H23N3. The lowest BCUT2D eigenvalue weighted by molar-refractivity contribution is 0.487. The highest BCUT2D eigenvalue weighted by molar-refractivity contribution is 5.02. The van der Waals surface area contributed by atoms with E-state index in [1.165, 1.54) is 31.2 Å². The van der Waals surface area contributed by atoms with E-state index in [4.69, 9.17) is 0 Å². The quantitative estimate of drug-likeness (QED) is 0.699. The zero-order chi connectivity index (χ0) is 11.1. The Kier molecular flexibility index (Phi) is 5.40. The molecule has 0 saturated heterocycles. The number of unbranched alkanes of at least 4 members (excludes halogenated alkanes) is 2. The highest BCUT2D eigenvalue weighted by Crippen LogP contribution is 2.04. The molecule has 1 N–H and O–H groups in total. The van der Waals surface area contributed by atoms with E-state index < -0.39 is 0 Å². The van der Waals surface area contributed by atoms with Crippen molar-refractivity contribution in [3.05, 3.63) is 18.0 Å². The number of aryl methyl sites for hydroxylation is 1. The number of nitrogens with zero attached hydrogens (tertiary/aromatic N) is 2. The average molecular weight is 209 g/mol. The van der Waals surface area contributed by atoms with Crippen LogP contribution in [0.4, 0.5) is 0 Å². The summed E-state index contributed by atoms with van der Waals surface area (Å²) in [5.74, 6) is 0. The molecular weight excluding hydrogens is 186 g/mol. The van der Waals surface area contributed by atoms with Crippen molar-refractivity contribution < 1.29 is 0 Å². The summed E-state index contributed by atoms with van der Waals surface area (Å²) in [7, 11) is 1.95. The van der Waals surface area contributed by atoms with Crippen LogP contribution in [0.2, 0.25) is 0 Å². The van der Waals surface area contributed by atoms with Crippen LogP contribution in [-0.4, -0.2) is 15.8 Å². The molecule has 0 aromatic carbocycles. The molecule has 1 aromatic rings. The van der Waals surface area contributed by atoms with Gasteiger partial charge in [0.25, 0.3) is 0 Å². The van der Waals surface area contributed by atoms with Gasteiger partial charge in [0.05, 0.1) is 6.20 Å². The summed E-state index contributed by atoms with van der Waals surface area (Å²) >= 11 is 0. The van der Waals surface area contributed by atoms with Crippen LogP contribution in [0.5, 0.6) is 0 Å². The molecule has 15 heavy (non-hydrogen) atoms. The van der Waals surface area contributed by atoms with Crippen LogP contribution in [-0.2, 0) is 13.6 Å². The standard InChI is InChI=1S/C12H23N3/c1-4-5-6-7-11(2)13-8-12-9-14-15(3)10-12/h9-11,13H,4-8H2,1-3H3. The second kappa shape index (κ2) is 6.62. The molecule has 1 aromatic heterocycles. The summed E-state index contributed by atoms with van der Waals surface area (Å²) in [6.45, 7) is 5.43. The summed E-state index contributed by atoms with van der Waals surface area (Å²) in [5, 5.41) is 7.66. The molecule has 1 atom stereocenters. The van der Waals surface area contributed by atoms with Gasteiger partial charge in [0.1, 0.15) is 0 Å². The Bertz CT molecular complexity index is 268. The van der Waals surface area contributed by atoms with E-state index in [0.29, 0.717) is 6.04 Å². The lowest BCUT2D eigenvalue weighted by atomic mass is 10.1. The van der Waals surface area contributed by atoms with Crippen molar-refractivity contribution in [2.24, 2.45) is 7.05 Å². The second-order valence-electron chi connectivity index (χ2n) is 4.30. The molecule has 0 aliphatic heterocycles. The molecule has 3 nitrogen and oxygen atoms in total. The van der Waals surface area contributed by atoms with Gasteiger partial charge >= 0.3 is 0 Å². The van der Waals surface area contributed by atoms with Gasteiger partial charge in [0.2, 0.25) is 0 Å². The number of hydrogen-bond acceptors (Lipinski definition) is 2. The van der Waals surface area contributed by atoms with Gasteiger partial charge in [-0.25, -0.2) is 0 Å². The molecule has 1 heterocycles. The Hall–Kier alpha value is -0.830. The minimum atomic E-state index is 0.608. The van der Waals surface area contributed by atoms with Crippen LogP contribution < -0.4 is 5.32 Å². The maximum atomic E-state index is 4.15. The van der Waals surface area contributed by atoms with Crippen LogP contribution in [0, 0.1) is 0 Å². The van der Waals surface area contributed by atoms with Gasteiger partial charge < -0.3 is 5.32 Å². The first-order valence-electron chi connectivity index (χ1n) is 5.93. The lowest BCUT2D eigenvalue weighted by Gasteiger charge is -2.12. The fraction of sp³-hybridized carbons (Fsp3) is 0.750. The Balaban J connectivity index is 2.13. The average Bonchev–Trinajstić information content (AvgIpc) is 2.62. The van der Waals surface area contributed by atoms with Gasteiger partial charge in [0.15, 0.2) is 0 Å². The molecule has 0 amide bonds. The van der Waals surface area contributed by atoms with E-state index >= 15 is 0 Å². The fourth-order valence-corrected chi connectivity index (χ4v) is 1.66. The predicted molar refractivity (Wildman–Crippen MR) is 63.7 cm³/mol. The summed E-state index contributed by atoms with van der Waals surface area (Å²) in [4.78, 5) is 0. The van der Waals surface area contributed by atoms with Crippen molar-refractivity contribution in [3.63, 3.8) is 0 Å². The summed E-state index contributed by atoms with van der Waals surface area (Å²) < 4.78 is 1.85. The Morgan fingerprint density at radius 2 is 2.27 bits per heavy atom. The first-order chi connectivity index (χ1) is 7.22. The van der Waals surface area contributed by atoms with Crippen molar-refractivity contribution in [1.29, 1.82) is 0 Å². The van der Waals surface area contributed by atoms with Gasteiger partial charge in [-0.15, -0.1) is 0 Å². The first-order valence-corrected chi connectivity index (χ1v) is 5.93. The van der Waals surface area contributed by atoms with Crippen molar-refractivity contribution >= 4 is 0 Å². The van der Waals surface area contributed by atoms with Gasteiger partial charge in [0, 0.05) is 31.4 Å². The van der Waals surface area contributed by atoms with E-state index in [0.717, 1.165) is 6.54 Å². The molecule has 0 fully saturated rings. The van der Waals surface area contributed by atoms with Crippen molar-refractivity contribution in [2.75, 3.05) is 0 Å². The molecule has 0 aliphatic carbocycles. The molecule has 0 spiro atoms. The smallest absolute Gasteiger partial charge is 0.0534 e. The van der Waals surface area contributed by atoms with Crippen LogP contribution >= 0.6 is 0 Å². The minimum Gasteiger partial charge on any atom is -0.310 e. The molecule has 0 saturated carbocycles. The van der Waals surface area contributed by atoms with Gasteiger partial charge in [-0.3, -0.25) is 4.68 Å². The minimum absolute atomic E-state index is 0.608. The van der Waals surface area contributed by atoms with Gasteiger partial charge in [-0.1, -0.05) is 26.2 Å². The van der Waals surface area contributed by atoms with E-state index in [9.17, 15) is 0 Å². The Morgan fingerprint density at radius 3 is 2.87 bits per heavy atom. The number of hydrogen-bond donors (Lipinski definition) is 1. The van der Waals surface area contributed by atoms with Crippen LogP contribution in [0.1, 0.15) is 45.1 Å². The monoisotopic (exact) mass is 209 g/mol. The highest BCUT2D eigenvalue weighted by atomic mass is 15.2. The first kappa shape index (κ1) is 12.2. The third-order valence-corrected chi connectivity index (χ3v) is 2.65. The highest BCUT2D eigenvalue weighted by Gasteiger charge is 2.01. The van der Waals surface area contributed by atoms with E-state index in [2.05, 4.69) is 30.5 Å². The molecule has 0 bridgehead atoms. The van der Waals surface area contributed by atoms with E-state index in [-0.39, 0.29) is 0 Å². The maximum absolute atomic E-state index is 4.15. The normalized spacial score (nSPS) is 13.0. The summed E-state index contributed by atoms with van der Waals surface area (Å²) in [6.07, 6.45) is 9.23. The number of nitrogens with one attached hydrogen (secondary N) is 1. The Labute approximate surface area is 92.9 Å². The molecule has 1 rings (SSSR count). The molecule has 0 radical (unpaired) electrons. The molecule has 3 heteroatoms. The van der Waals surface area contributed by atoms with Gasteiger partial charge in [-0.2, -0.15) is 5.10 Å². The van der Waals surface area contributed by atoms with E-state index in [1.54, 1.807) is 0 Å². The SMILES string of the molecule is CCCCCC(C)NCc1cnn(C)c1. The lowest BCUT2D eigenvalue weighted by Crippen LogP contribution is -2.25. The second-order valence-corrected chi connectivity index (χ2v) is 4.30.